The monoisotopic (exact) mass is 521 g/mol. The smallest absolute Gasteiger partial charge is 0.410 e. The Morgan fingerprint density at radius 3 is 1.97 bits per heavy atom. The molecule has 2 aromatic rings. The Balaban J connectivity index is 1.84. The molecule has 0 aromatic heterocycles. The molecule has 0 unspecified atom stereocenters. The van der Waals surface area contributed by atoms with Gasteiger partial charge in [-0.1, -0.05) is 87.5 Å². The van der Waals surface area contributed by atoms with E-state index < -0.39 is 26.1 Å². The molecule has 200 valence electrons. The molecule has 0 saturated carbocycles. The summed E-state index contributed by atoms with van der Waals surface area (Å²) in [5.74, 6) is 0.246. The third kappa shape index (κ3) is 6.60. The molecule has 0 spiro atoms. The molecule has 6 heteroatoms. The van der Waals surface area contributed by atoms with Crippen molar-refractivity contribution in [3.63, 3.8) is 0 Å². The second-order valence-corrected chi connectivity index (χ2v) is 16.3. The first-order valence-electron chi connectivity index (χ1n) is 13.3. The van der Waals surface area contributed by atoms with Crippen LogP contribution in [-0.4, -0.2) is 50.4 Å². The van der Waals surface area contributed by atoms with E-state index in [1.54, 1.807) is 4.90 Å². The number of aldehydes is 1. The van der Waals surface area contributed by atoms with E-state index in [9.17, 15) is 9.59 Å². The molecule has 37 heavy (non-hydrogen) atoms. The number of amides is 1. The molecule has 0 aliphatic carbocycles. The van der Waals surface area contributed by atoms with Crippen molar-refractivity contribution in [1.82, 2.24) is 4.90 Å². The average Bonchev–Trinajstić information content (AvgIpc) is 2.85. The van der Waals surface area contributed by atoms with E-state index in [0.717, 1.165) is 12.7 Å². The van der Waals surface area contributed by atoms with Crippen LogP contribution in [0, 0.1) is 11.8 Å². The van der Waals surface area contributed by atoms with Crippen LogP contribution < -0.4 is 10.4 Å². The van der Waals surface area contributed by atoms with Gasteiger partial charge < -0.3 is 14.0 Å². The van der Waals surface area contributed by atoms with Crippen LogP contribution in [0.2, 0.25) is 5.04 Å². The van der Waals surface area contributed by atoms with E-state index >= 15 is 0 Å². The maximum Gasteiger partial charge on any atom is 0.410 e. The number of rotatable bonds is 8. The molecule has 2 aromatic carbocycles. The first kappa shape index (κ1) is 28.9. The van der Waals surface area contributed by atoms with E-state index in [2.05, 4.69) is 75.9 Å². The highest BCUT2D eigenvalue weighted by atomic mass is 28.4. The zero-order valence-electron chi connectivity index (χ0n) is 23.3. The minimum absolute atomic E-state index is 0.0615. The summed E-state index contributed by atoms with van der Waals surface area (Å²) in [4.78, 5) is 26.4. The van der Waals surface area contributed by atoms with E-state index in [4.69, 9.17) is 9.16 Å². The molecule has 1 aliphatic rings. The van der Waals surface area contributed by atoms with Gasteiger partial charge in [-0.15, -0.1) is 6.58 Å². The summed E-state index contributed by atoms with van der Waals surface area (Å²) in [5, 5.41) is 2.40. The maximum atomic E-state index is 12.8. The number of carbonyl (C=O) groups excluding carboxylic acids is 2. The minimum atomic E-state index is -2.63. The Morgan fingerprint density at radius 2 is 1.54 bits per heavy atom. The molecule has 0 bridgehead atoms. The van der Waals surface area contributed by atoms with E-state index in [0.29, 0.717) is 19.6 Å². The van der Waals surface area contributed by atoms with Crippen LogP contribution in [0.15, 0.2) is 73.3 Å². The van der Waals surface area contributed by atoms with Crippen molar-refractivity contribution in [3.8, 4) is 0 Å². The normalized spacial score (nSPS) is 20.8. The Bertz CT molecular complexity index is 1000. The third-order valence-electron chi connectivity index (χ3n) is 7.27. The molecule has 1 fully saturated rings. The second kappa shape index (κ2) is 11.8. The predicted octanol–water partition coefficient (Wildman–Crippen LogP) is 5.58. The van der Waals surface area contributed by atoms with Crippen molar-refractivity contribution in [2.75, 3.05) is 13.2 Å². The van der Waals surface area contributed by atoms with Gasteiger partial charge in [-0.3, -0.25) is 4.90 Å². The summed E-state index contributed by atoms with van der Waals surface area (Å²) in [5.41, 5.74) is -0.616. The highest BCUT2D eigenvalue weighted by Crippen LogP contribution is 2.38. The predicted molar refractivity (Wildman–Crippen MR) is 153 cm³/mol. The molecule has 3 rings (SSSR count). The van der Waals surface area contributed by atoms with Crippen molar-refractivity contribution in [3.05, 3.63) is 73.3 Å². The number of hydrogen-bond acceptors (Lipinski definition) is 4. The quantitative estimate of drug-likeness (QED) is 0.259. The Labute approximate surface area is 224 Å². The second-order valence-electron chi connectivity index (χ2n) is 12.0. The molecule has 3 atom stereocenters. The van der Waals surface area contributed by atoms with Gasteiger partial charge in [0.2, 0.25) is 0 Å². The van der Waals surface area contributed by atoms with Gasteiger partial charge in [0.25, 0.3) is 8.32 Å². The van der Waals surface area contributed by atoms with Crippen molar-refractivity contribution in [1.29, 1.82) is 0 Å². The molecule has 0 radical (unpaired) electrons. The van der Waals surface area contributed by atoms with Gasteiger partial charge >= 0.3 is 6.09 Å². The highest BCUT2D eigenvalue weighted by molar-refractivity contribution is 6.99. The van der Waals surface area contributed by atoms with Crippen molar-refractivity contribution in [2.45, 2.75) is 71.1 Å². The first-order chi connectivity index (χ1) is 17.4. The van der Waals surface area contributed by atoms with Crippen LogP contribution in [0.3, 0.4) is 0 Å². The van der Waals surface area contributed by atoms with E-state index in [1.165, 1.54) is 10.4 Å². The third-order valence-corrected chi connectivity index (χ3v) is 12.3. The van der Waals surface area contributed by atoms with Gasteiger partial charge in [-0.05, 0) is 60.9 Å². The minimum Gasteiger partial charge on any atom is -0.444 e. The lowest BCUT2D eigenvalue weighted by Crippen LogP contribution is -2.66. The summed E-state index contributed by atoms with van der Waals surface area (Å²) < 4.78 is 12.7. The van der Waals surface area contributed by atoms with Crippen molar-refractivity contribution in [2.24, 2.45) is 11.8 Å². The van der Waals surface area contributed by atoms with Crippen molar-refractivity contribution >= 4 is 31.1 Å². The van der Waals surface area contributed by atoms with E-state index in [1.807, 2.05) is 39.0 Å². The Kier molecular flexibility index (Phi) is 9.19. The van der Waals surface area contributed by atoms with Gasteiger partial charge in [-0.2, -0.15) is 0 Å². The van der Waals surface area contributed by atoms with Crippen LogP contribution in [-0.2, 0) is 14.0 Å². The summed E-state index contributed by atoms with van der Waals surface area (Å²) >= 11 is 0. The van der Waals surface area contributed by atoms with Gasteiger partial charge in [0.1, 0.15) is 11.9 Å². The van der Waals surface area contributed by atoms with Gasteiger partial charge in [0, 0.05) is 13.2 Å². The van der Waals surface area contributed by atoms with Gasteiger partial charge in [-0.25, -0.2) is 4.79 Å². The van der Waals surface area contributed by atoms with E-state index in [-0.39, 0.29) is 16.9 Å². The molecule has 5 nitrogen and oxygen atoms in total. The van der Waals surface area contributed by atoms with Crippen LogP contribution in [0.4, 0.5) is 4.79 Å². The molecule has 0 N–H and O–H groups in total. The maximum absolute atomic E-state index is 12.8. The molecule has 1 saturated heterocycles. The van der Waals surface area contributed by atoms with Crippen molar-refractivity contribution < 1.29 is 18.8 Å². The van der Waals surface area contributed by atoms with Crippen LogP contribution in [0.5, 0.6) is 0 Å². The SMILES string of the molecule is C=C[C@H]1CN(C(=O)OC(C)(C)C)[C@H](C=O)C[C@@H]1CCO[Si](c1ccccc1)(c1ccccc1)C(C)(C)C. The lowest BCUT2D eigenvalue weighted by Gasteiger charge is -2.44. The number of nitrogens with zero attached hydrogens (tertiary/aromatic N) is 1. The highest BCUT2D eigenvalue weighted by Gasteiger charge is 2.50. The number of ether oxygens (including phenoxy) is 1. The average molecular weight is 522 g/mol. The number of piperidine rings is 1. The zero-order chi connectivity index (χ0) is 27.3. The van der Waals surface area contributed by atoms with Crippen LogP contribution >= 0.6 is 0 Å². The molecule has 1 heterocycles. The summed E-state index contributed by atoms with van der Waals surface area (Å²) in [6.45, 7) is 17.4. The Hall–Kier alpha value is -2.70. The van der Waals surface area contributed by atoms with Gasteiger partial charge in [0.15, 0.2) is 0 Å². The zero-order valence-corrected chi connectivity index (χ0v) is 24.3. The molecular weight excluding hydrogens is 478 g/mol. The summed E-state index contributed by atoms with van der Waals surface area (Å²) in [6, 6.07) is 20.7. The lowest BCUT2D eigenvalue weighted by molar-refractivity contribution is -0.115. The summed E-state index contributed by atoms with van der Waals surface area (Å²) in [6.07, 6.45) is 3.70. The molecule has 1 amide bonds. The largest absolute Gasteiger partial charge is 0.444 e. The number of carbonyl (C=O) groups is 2. The number of hydrogen-bond donors (Lipinski definition) is 0. The molecule has 1 aliphatic heterocycles. The fourth-order valence-corrected chi connectivity index (χ4v) is 10.1. The van der Waals surface area contributed by atoms with Crippen LogP contribution in [0.25, 0.3) is 0 Å². The fourth-order valence-electron chi connectivity index (χ4n) is 5.51. The Morgan fingerprint density at radius 1 is 1.00 bits per heavy atom. The number of benzene rings is 2. The molecular formula is C31H43NO4Si. The fraction of sp³-hybridized carbons (Fsp3) is 0.484. The first-order valence-corrected chi connectivity index (χ1v) is 15.2. The van der Waals surface area contributed by atoms with Crippen LogP contribution in [0.1, 0.15) is 54.4 Å². The van der Waals surface area contributed by atoms with Gasteiger partial charge in [0.05, 0.1) is 6.04 Å². The lowest BCUT2D eigenvalue weighted by atomic mass is 9.80. The summed E-state index contributed by atoms with van der Waals surface area (Å²) in [7, 11) is -2.63. The standard InChI is InChI=1S/C31H43NO4Si/c1-8-24-22-32(29(34)36-30(2,3)4)26(23-33)21-25(24)19-20-35-37(31(5,6)7,27-15-11-9-12-16-27)28-17-13-10-14-18-28/h8-18,23-26H,1,19-22H2,2-7H3/t24-,25-,26-/m0/s1. The number of likely N-dealkylation sites (tertiary alicyclic amines) is 1. The topological polar surface area (TPSA) is 55.8 Å².